The number of carbonyl (C=O) groups is 1. The maximum absolute atomic E-state index is 13.0. The average Bonchev–Trinajstić information content (AvgIpc) is 3.26. The summed E-state index contributed by atoms with van der Waals surface area (Å²) in [6.45, 7) is 0.730. The summed E-state index contributed by atoms with van der Waals surface area (Å²) in [5, 5.41) is 0. The van der Waals surface area contributed by atoms with Crippen LogP contribution in [-0.2, 0) is 10.0 Å². The van der Waals surface area contributed by atoms with E-state index in [1.54, 1.807) is 61.7 Å². The number of methoxy groups -OCH3 is 1. The molecular formula is C22H24N4O4S. The molecule has 0 radical (unpaired) electrons. The van der Waals surface area contributed by atoms with E-state index in [1.165, 1.54) is 4.31 Å². The highest BCUT2D eigenvalue weighted by Gasteiger charge is 2.33. The Hall–Kier alpha value is -3.17. The van der Waals surface area contributed by atoms with Crippen LogP contribution in [0.2, 0.25) is 0 Å². The number of H-pyrrole nitrogens is 1. The molecule has 2 heterocycles. The number of nitrogens with zero attached hydrogens (tertiary/aromatic N) is 2. The van der Waals surface area contributed by atoms with Crippen molar-refractivity contribution in [3.05, 3.63) is 66.1 Å². The van der Waals surface area contributed by atoms with Crippen LogP contribution >= 0.6 is 0 Å². The van der Waals surface area contributed by atoms with Crippen LogP contribution in [0, 0.1) is 0 Å². The maximum Gasteiger partial charge on any atom is 0.267 e. The van der Waals surface area contributed by atoms with Gasteiger partial charge in [0.2, 0.25) is 10.0 Å². The third kappa shape index (κ3) is 4.19. The number of carbonyl (C=O) groups excluding carboxylic acids is 1. The SMILES string of the molecule is COc1ccc(-c2nc(C3CCCN(S(=O)(=O)c4ccccc4)C3)[nH]c2C(N)=O)cc1. The summed E-state index contributed by atoms with van der Waals surface area (Å²) in [6.07, 6.45) is 1.45. The van der Waals surface area contributed by atoms with Crippen LogP contribution in [0.4, 0.5) is 0 Å². The Labute approximate surface area is 181 Å². The fourth-order valence-electron chi connectivity index (χ4n) is 3.85. The Morgan fingerprint density at radius 3 is 2.52 bits per heavy atom. The largest absolute Gasteiger partial charge is 0.497 e. The molecular weight excluding hydrogens is 416 g/mol. The molecule has 1 atom stereocenters. The molecule has 0 saturated carbocycles. The molecule has 1 amide bonds. The predicted octanol–water partition coefficient (Wildman–Crippen LogP) is 2.75. The highest BCUT2D eigenvalue weighted by molar-refractivity contribution is 7.89. The summed E-state index contributed by atoms with van der Waals surface area (Å²) in [7, 11) is -2.02. The van der Waals surface area contributed by atoms with E-state index in [1.807, 2.05) is 0 Å². The molecule has 3 N–H and O–H groups in total. The van der Waals surface area contributed by atoms with Crippen molar-refractivity contribution in [1.82, 2.24) is 14.3 Å². The Bertz CT molecular complexity index is 1170. The molecule has 0 bridgehead atoms. The van der Waals surface area contributed by atoms with Gasteiger partial charge >= 0.3 is 0 Å². The lowest BCUT2D eigenvalue weighted by Gasteiger charge is -2.31. The molecule has 1 aromatic heterocycles. The van der Waals surface area contributed by atoms with Crippen molar-refractivity contribution >= 4 is 15.9 Å². The molecule has 1 fully saturated rings. The molecule has 0 spiro atoms. The lowest BCUT2D eigenvalue weighted by molar-refractivity contribution is 0.0996. The molecule has 2 aromatic carbocycles. The monoisotopic (exact) mass is 440 g/mol. The lowest BCUT2D eigenvalue weighted by atomic mass is 9.99. The van der Waals surface area contributed by atoms with Crippen molar-refractivity contribution < 1.29 is 17.9 Å². The van der Waals surface area contributed by atoms with E-state index in [0.717, 1.165) is 12.0 Å². The van der Waals surface area contributed by atoms with E-state index in [-0.39, 0.29) is 23.1 Å². The van der Waals surface area contributed by atoms with E-state index in [2.05, 4.69) is 9.97 Å². The third-order valence-electron chi connectivity index (χ3n) is 5.48. The molecule has 9 heteroatoms. The quantitative estimate of drug-likeness (QED) is 0.611. The zero-order chi connectivity index (χ0) is 22.0. The number of rotatable bonds is 6. The zero-order valence-corrected chi connectivity index (χ0v) is 17.9. The number of amides is 1. The number of hydrogen-bond donors (Lipinski definition) is 2. The van der Waals surface area contributed by atoms with Crippen molar-refractivity contribution in [2.45, 2.75) is 23.7 Å². The van der Waals surface area contributed by atoms with Gasteiger partial charge in [0.25, 0.3) is 5.91 Å². The van der Waals surface area contributed by atoms with Crippen LogP contribution < -0.4 is 10.5 Å². The number of aromatic nitrogens is 2. The Kier molecular flexibility index (Phi) is 5.79. The summed E-state index contributed by atoms with van der Waals surface area (Å²) < 4.78 is 32.7. The van der Waals surface area contributed by atoms with Gasteiger partial charge in [-0.05, 0) is 49.2 Å². The number of ether oxygens (including phenoxy) is 1. The minimum atomic E-state index is -3.60. The number of benzene rings is 2. The second kappa shape index (κ2) is 8.52. The molecule has 31 heavy (non-hydrogen) atoms. The van der Waals surface area contributed by atoms with Crippen LogP contribution in [0.5, 0.6) is 5.75 Å². The van der Waals surface area contributed by atoms with Gasteiger partial charge in [-0.1, -0.05) is 18.2 Å². The first-order valence-electron chi connectivity index (χ1n) is 9.99. The Balaban J connectivity index is 1.64. The number of primary amides is 1. The van der Waals surface area contributed by atoms with Gasteiger partial charge in [0, 0.05) is 24.6 Å². The second-order valence-electron chi connectivity index (χ2n) is 7.45. The molecule has 8 nitrogen and oxygen atoms in total. The normalized spacial score (nSPS) is 17.4. The minimum absolute atomic E-state index is 0.169. The number of sulfonamides is 1. The summed E-state index contributed by atoms with van der Waals surface area (Å²) in [5.41, 5.74) is 6.97. The number of nitrogens with two attached hydrogens (primary N) is 1. The fourth-order valence-corrected chi connectivity index (χ4v) is 5.39. The number of imidazole rings is 1. The van der Waals surface area contributed by atoms with Crippen molar-refractivity contribution in [2.75, 3.05) is 20.2 Å². The molecule has 1 aliphatic heterocycles. The molecule has 4 rings (SSSR count). The van der Waals surface area contributed by atoms with Crippen LogP contribution in [-0.4, -0.2) is 48.8 Å². The average molecular weight is 441 g/mol. The van der Waals surface area contributed by atoms with Crippen molar-refractivity contribution in [1.29, 1.82) is 0 Å². The summed E-state index contributed by atoms with van der Waals surface area (Å²) in [4.78, 5) is 20.0. The van der Waals surface area contributed by atoms with Crippen LogP contribution in [0.25, 0.3) is 11.3 Å². The second-order valence-corrected chi connectivity index (χ2v) is 9.39. The van der Waals surface area contributed by atoms with Crippen LogP contribution in [0.3, 0.4) is 0 Å². The summed E-state index contributed by atoms with van der Waals surface area (Å²) in [5.74, 6) is 0.466. The van der Waals surface area contributed by atoms with Crippen LogP contribution in [0.1, 0.15) is 35.1 Å². The lowest BCUT2D eigenvalue weighted by Crippen LogP contribution is -2.39. The van der Waals surface area contributed by atoms with Crippen molar-refractivity contribution in [3.63, 3.8) is 0 Å². The Morgan fingerprint density at radius 1 is 1.16 bits per heavy atom. The van der Waals surface area contributed by atoms with Gasteiger partial charge in [-0.15, -0.1) is 0 Å². The van der Waals surface area contributed by atoms with E-state index in [0.29, 0.717) is 30.2 Å². The highest BCUT2D eigenvalue weighted by Crippen LogP contribution is 2.32. The topological polar surface area (TPSA) is 118 Å². The summed E-state index contributed by atoms with van der Waals surface area (Å²) >= 11 is 0. The zero-order valence-electron chi connectivity index (χ0n) is 17.1. The molecule has 1 aliphatic rings. The van der Waals surface area contributed by atoms with Crippen molar-refractivity contribution in [3.8, 4) is 17.0 Å². The number of piperidine rings is 1. The number of aromatic amines is 1. The maximum atomic E-state index is 13.0. The number of hydrogen-bond acceptors (Lipinski definition) is 5. The first-order valence-corrected chi connectivity index (χ1v) is 11.4. The Morgan fingerprint density at radius 2 is 1.87 bits per heavy atom. The van der Waals surface area contributed by atoms with E-state index >= 15 is 0 Å². The fraction of sp³-hybridized carbons (Fsp3) is 0.273. The van der Waals surface area contributed by atoms with Crippen LogP contribution in [0.15, 0.2) is 59.5 Å². The minimum Gasteiger partial charge on any atom is -0.497 e. The number of nitrogens with one attached hydrogen (secondary N) is 1. The molecule has 1 unspecified atom stereocenters. The summed E-state index contributed by atoms with van der Waals surface area (Å²) in [6, 6.07) is 15.6. The highest BCUT2D eigenvalue weighted by atomic mass is 32.2. The molecule has 3 aromatic rings. The van der Waals surface area contributed by atoms with Gasteiger partial charge < -0.3 is 15.5 Å². The smallest absolute Gasteiger partial charge is 0.267 e. The van der Waals surface area contributed by atoms with E-state index < -0.39 is 15.9 Å². The van der Waals surface area contributed by atoms with Gasteiger partial charge in [-0.25, -0.2) is 13.4 Å². The molecule has 162 valence electrons. The van der Waals surface area contributed by atoms with Gasteiger partial charge in [0.1, 0.15) is 23.0 Å². The standard InChI is InChI=1S/C22H24N4O4S/c1-30-17-11-9-15(10-12-17)19-20(21(23)27)25-22(24-19)16-6-5-13-26(14-16)31(28,29)18-7-3-2-4-8-18/h2-4,7-12,16H,5-6,13-14H2,1H3,(H2,23,27)(H,24,25). The van der Waals surface area contributed by atoms with E-state index in [4.69, 9.17) is 10.5 Å². The van der Waals surface area contributed by atoms with Gasteiger partial charge in [-0.2, -0.15) is 4.31 Å². The first-order chi connectivity index (χ1) is 14.9. The van der Waals surface area contributed by atoms with Gasteiger partial charge in [-0.3, -0.25) is 4.79 Å². The molecule has 1 saturated heterocycles. The first kappa shape index (κ1) is 21.1. The molecule has 0 aliphatic carbocycles. The van der Waals surface area contributed by atoms with E-state index in [9.17, 15) is 13.2 Å². The predicted molar refractivity (Wildman–Crippen MR) is 116 cm³/mol. The van der Waals surface area contributed by atoms with Crippen molar-refractivity contribution in [2.24, 2.45) is 5.73 Å². The van der Waals surface area contributed by atoms with Gasteiger partial charge in [0.15, 0.2) is 0 Å². The van der Waals surface area contributed by atoms with Gasteiger partial charge in [0.05, 0.1) is 12.0 Å². The third-order valence-corrected chi connectivity index (χ3v) is 7.36.